The van der Waals surface area contributed by atoms with E-state index in [-0.39, 0.29) is 6.10 Å². The van der Waals surface area contributed by atoms with Crippen LogP contribution in [0.2, 0.25) is 0 Å². The van der Waals surface area contributed by atoms with Crippen LogP contribution in [-0.4, -0.2) is 13.2 Å². The highest BCUT2D eigenvalue weighted by Gasteiger charge is 2.27. The topological polar surface area (TPSA) is 21.3 Å². The SMILES string of the molecule is CNC1CC(Cc2ccccc2)Oc2ccc(Br)cc21. The Labute approximate surface area is 128 Å². The van der Waals surface area contributed by atoms with E-state index in [0.29, 0.717) is 6.04 Å². The Morgan fingerprint density at radius 3 is 2.75 bits per heavy atom. The molecular weight excluding hydrogens is 314 g/mol. The summed E-state index contributed by atoms with van der Waals surface area (Å²) in [6.07, 6.45) is 2.17. The van der Waals surface area contributed by atoms with Crippen molar-refractivity contribution in [3.05, 3.63) is 64.1 Å². The van der Waals surface area contributed by atoms with Gasteiger partial charge in [-0.05, 0) is 30.8 Å². The van der Waals surface area contributed by atoms with E-state index < -0.39 is 0 Å². The Kier molecular flexibility index (Phi) is 4.08. The molecule has 0 bridgehead atoms. The fourth-order valence-electron chi connectivity index (χ4n) is 2.79. The zero-order valence-electron chi connectivity index (χ0n) is 11.5. The molecule has 3 heteroatoms. The Morgan fingerprint density at radius 2 is 2.00 bits per heavy atom. The third-order valence-electron chi connectivity index (χ3n) is 3.79. The monoisotopic (exact) mass is 331 g/mol. The predicted octanol–water partition coefficient (Wildman–Crippen LogP) is 4.10. The molecule has 1 aliphatic heterocycles. The summed E-state index contributed by atoms with van der Waals surface area (Å²) in [4.78, 5) is 0. The van der Waals surface area contributed by atoms with E-state index in [2.05, 4.69) is 63.7 Å². The van der Waals surface area contributed by atoms with Gasteiger partial charge in [-0.25, -0.2) is 0 Å². The first-order valence-electron chi connectivity index (χ1n) is 6.93. The highest BCUT2D eigenvalue weighted by atomic mass is 79.9. The average molecular weight is 332 g/mol. The minimum absolute atomic E-state index is 0.225. The van der Waals surface area contributed by atoms with E-state index in [1.807, 2.05) is 13.1 Å². The second-order valence-electron chi connectivity index (χ2n) is 5.19. The second-order valence-corrected chi connectivity index (χ2v) is 6.10. The third kappa shape index (κ3) is 2.89. The summed E-state index contributed by atoms with van der Waals surface area (Å²) >= 11 is 3.53. The molecular formula is C17H18BrNO. The van der Waals surface area contributed by atoms with Crippen molar-refractivity contribution in [3.8, 4) is 5.75 Å². The van der Waals surface area contributed by atoms with E-state index >= 15 is 0 Å². The van der Waals surface area contributed by atoms with Crippen molar-refractivity contribution in [2.75, 3.05) is 7.05 Å². The highest BCUT2D eigenvalue weighted by Crippen LogP contribution is 2.37. The maximum absolute atomic E-state index is 6.16. The van der Waals surface area contributed by atoms with Gasteiger partial charge in [0.2, 0.25) is 0 Å². The molecule has 0 aliphatic carbocycles. The molecule has 2 unspecified atom stereocenters. The molecule has 0 fully saturated rings. The van der Waals surface area contributed by atoms with Crippen LogP contribution in [0.15, 0.2) is 53.0 Å². The Balaban J connectivity index is 1.82. The fourth-order valence-corrected chi connectivity index (χ4v) is 3.17. The average Bonchev–Trinajstić information content (AvgIpc) is 2.48. The van der Waals surface area contributed by atoms with Crippen molar-refractivity contribution in [3.63, 3.8) is 0 Å². The second kappa shape index (κ2) is 5.98. The third-order valence-corrected chi connectivity index (χ3v) is 4.29. The molecule has 0 aromatic heterocycles. The van der Waals surface area contributed by atoms with Crippen molar-refractivity contribution >= 4 is 15.9 Å². The lowest BCUT2D eigenvalue weighted by atomic mass is 9.93. The zero-order valence-corrected chi connectivity index (χ0v) is 13.1. The summed E-state index contributed by atoms with van der Waals surface area (Å²) in [6, 6.07) is 17.1. The fraction of sp³-hybridized carbons (Fsp3) is 0.294. The Bertz CT molecular complexity index is 585. The van der Waals surface area contributed by atoms with Crippen molar-refractivity contribution < 1.29 is 4.74 Å². The van der Waals surface area contributed by atoms with Gasteiger partial charge in [-0.3, -0.25) is 0 Å². The van der Waals surface area contributed by atoms with E-state index in [9.17, 15) is 0 Å². The van der Waals surface area contributed by atoms with Crippen LogP contribution in [-0.2, 0) is 6.42 Å². The zero-order chi connectivity index (χ0) is 13.9. The maximum Gasteiger partial charge on any atom is 0.124 e. The highest BCUT2D eigenvalue weighted by molar-refractivity contribution is 9.10. The van der Waals surface area contributed by atoms with Gasteiger partial charge in [0, 0.05) is 28.9 Å². The normalized spacial score (nSPS) is 21.1. The molecule has 104 valence electrons. The molecule has 1 aliphatic rings. The predicted molar refractivity (Wildman–Crippen MR) is 85.1 cm³/mol. The summed E-state index contributed by atoms with van der Waals surface area (Å²) in [5, 5.41) is 3.40. The smallest absolute Gasteiger partial charge is 0.124 e. The summed E-state index contributed by atoms with van der Waals surface area (Å²) in [5.41, 5.74) is 2.57. The summed E-state index contributed by atoms with van der Waals surface area (Å²) in [6.45, 7) is 0. The van der Waals surface area contributed by atoms with Crippen molar-refractivity contribution in [2.24, 2.45) is 0 Å². The Morgan fingerprint density at radius 1 is 1.20 bits per heavy atom. The van der Waals surface area contributed by atoms with Gasteiger partial charge in [0.05, 0.1) is 0 Å². The van der Waals surface area contributed by atoms with Crippen LogP contribution in [0.4, 0.5) is 0 Å². The van der Waals surface area contributed by atoms with Gasteiger partial charge in [-0.1, -0.05) is 46.3 Å². The molecule has 2 aromatic rings. The standard InChI is InChI=1S/C17H18BrNO/c1-19-16-11-14(9-12-5-3-2-4-6-12)20-17-8-7-13(18)10-15(16)17/h2-8,10,14,16,19H,9,11H2,1H3. The number of rotatable bonds is 3. The first kappa shape index (κ1) is 13.7. The van der Waals surface area contributed by atoms with Crippen LogP contribution in [0, 0.1) is 0 Å². The van der Waals surface area contributed by atoms with Crippen molar-refractivity contribution in [1.82, 2.24) is 5.32 Å². The molecule has 1 heterocycles. The van der Waals surface area contributed by atoms with Gasteiger partial charge in [0.1, 0.15) is 11.9 Å². The van der Waals surface area contributed by atoms with Gasteiger partial charge in [-0.15, -0.1) is 0 Å². The summed E-state index contributed by atoms with van der Waals surface area (Å²) < 4.78 is 7.26. The largest absolute Gasteiger partial charge is 0.490 e. The quantitative estimate of drug-likeness (QED) is 0.914. The van der Waals surface area contributed by atoms with Crippen LogP contribution in [0.5, 0.6) is 5.75 Å². The lowest BCUT2D eigenvalue weighted by Gasteiger charge is -2.32. The van der Waals surface area contributed by atoms with Gasteiger partial charge in [0.25, 0.3) is 0 Å². The van der Waals surface area contributed by atoms with Crippen LogP contribution >= 0.6 is 15.9 Å². The number of hydrogen-bond donors (Lipinski definition) is 1. The molecule has 2 nitrogen and oxygen atoms in total. The summed E-state index contributed by atoms with van der Waals surface area (Å²) in [5.74, 6) is 1.000. The maximum atomic E-state index is 6.16. The minimum Gasteiger partial charge on any atom is -0.490 e. The summed E-state index contributed by atoms with van der Waals surface area (Å²) in [7, 11) is 2.01. The van der Waals surface area contributed by atoms with E-state index in [1.165, 1.54) is 11.1 Å². The van der Waals surface area contributed by atoms with Crippen LogP contribution < -0.4 is 10.1 Å². The van der Waals surface area contributed by atoms with E-state index in [1.54, 1.807) is 0 Å². The van der Waals surface area contributed by atoms with Gasteiger partial charge in [-0.2, -0.15) is 0 Å². The minimum atomic E-state index is 0.225. The van der Waals surface area contributed by atoms with Crippen molar-refractivity contribution in [2.45, 2.75) is 25.0 Å². The molecule has 0 amide bonds. The van der Waals surface area contributed by atoms with Gasteiger partial charge >= 0.3 is 0 Å². The molecule has 0 spiro atoms. The number of fused-ring (bicyclic) bond motifs is 1. The molecule has 2 aromatic carbocycles. The van der Waals surface area contributed by atoms with Gasteiger partial charge < -0.3 is 10.1 Å². The van der Waals surface area contributed by atoms with Gasteiger partial charge in [0.15, 0.2) is 0 Å². The van der Waals surface area contributed by atoms with Crippen molar-refractivity contribution in [1.29, 1.82) is 0 Å². The molecule has 0 saturated carbocycles. The number of halogens is 1. The molecule has 0 saturated heterocycles. The van der Waals surface area contributed by atoms with Crippen LogP contribution in [0.1, 0.15) is 23.6 Å². The lowest BCUT2D eigenvalue weighted by molar-refractivity contribution is 0.152. The van der Waals surface area contributed by atoms with E-state index in [4.69, 9.17) is 4.74 Å². The molecule has 0 radical (unpaired) electrons. The number of ether oxygens (including phenoxy) is 1. The molecule has 1 N–H and O–H groups in total. The van der Waals surface area contributed by atoms with E-state index in [0.717, 1.165) is 23.1 Å². The number of nitrogens with one attached hydrogen (secondary N) is 1. The number of benzene rings is 2. The number of hydrogen-bond acceptors (Lipinski definition) is 2. The molecule has 3 rings (SSSR count). The Hall–Kier alpha value is -1.32. The lowest BCUT2D eigenvalue weighted by Crippen LogP contribution is -2.32. The molecule has 20 heavy (non-hydrogen) atoms. The molecule has 2 atom stereocenters. The first-order chi connectivity index (χ1) is 9.76. The van der Waals surface area contributed by atoms with Crippen LogP contribution in [0.25, 0.3) is 0 Å². The first-order valence-corrected chi connectivity index (χ1v) is 7.73. The van der Waals surface area contributed by atoms with Crippen LogP contribution in [0.3, 0.4) is 0 Å².